The number of ether oxygens (including phenoxy) is 6. The molecule has 28 heavy (non-hydrogen) atoms. The SMILES string of the molecule is COc1ccc2c(c1)OC(c1ccc(OC)c(OC)c1)C(OC)C2OC(C)=O. The van der Waals surface area contributed by atoms with Crippen LogP contribution in [-0.2, 0) is 14.3 Å². The lowest BCUT2D eigenvalue weighted by atomic mass is 9.91. The van der Waals surface area contributed by atoms with Crippen LogP contribution < -0.4 is 18.9 Å². The highest BCUT2D eigenvalue weighted by Crippen LogP contribution is 2.46. The first kappa shape index (κ1) is 19.8. The quantitative estimate of drug-likeness (QED) is 0.702. The number of hydrogen-bond acceptors (Lipinski definition) is 7. The molecule has 0 saturated carbocycles. The fraction of sp³-hybridized carbons (Fsp3) is 0.381. The minimum Gasteiger partial charge on any atom is -0.497 e. The molecule has 1 heterocycles. The summed E-state index contributed by atoms with van der Waals surface area (Å²) in [4.78, 5) is 11.8. The molecule has 0 aliphatic carbocycles. The van der Waals surface area contributed by atoms with Gasteiger partial charge in [0.15, 0.2) is 23.7 Å². The Hall–Kier alpha value is -2.93. The number of hydrogen-bond donors (Lipinski definition) is 0. The summed E-state index contributed by atoms with van der Waals surface area (Å²) in [7, 11) is 6.29. The van der Waals surface area contributed by atoms with Crippen LogP contribution in [0.2, 0.25) is 0 Å². The number of esters is 1. The van der Waals surface area contributed by atoms with Crippen molar-refractivity contribution >= 4 is 5.97 Å². The van der Waals surface area contributed by atoms with E-state index in [0.717, 1.165) is 11.1 Å². The number of rotatable bonds is 6. The molecule has 0 spiro atoms. The molecule has 1 aliphatic rings. The minimum atomic E-state index is -0.629. The molecule has 0 saturated heterocycles. The molecule has 2 aromatic rings. The van der Waals surface area contributed by atoms with Crippen LogP contribution in [0.15, 0.2) is 36.4 Å². The van der Waals surface area contributed by atoms with Gasteiger partial charge in [-0.1, -0.05) is 6.07 Å². The van der Waals surface area contributed by atoms with E-state index in [4.69, 9.17) is 28.4 Å². The molecule has 0 amide bonds. The van der Waals surface area contributed by atoms with Gasteiger partial charge in [-0.2, -0.15) is 0 Å². The highest BCUT2D eigenvalue weighted by molar-refractivity contribution is 5.67. The molecule has 3 unspecified atom stereocenters. The van der Waals surface area contributed by atoms with E-state index in [1.54, 1.807) is 46.6 Å². The number of carbonyl (C=O) groups excluding carboxylic acids is 1. The number of benzene rings is 2. The smallest absolute Gasteiger partial charge is 0.303 e. The molecule has 0 N–H and O–H groups in total. The Labute approximate surface area is 164 Å². The molecular formula is C21H24O7. The lowest BCUT2D eigenvalue weighted by Gasteiger charge is -2.38. The molecule has 0 aromatic heterocycles. The molecule has 3 atom stereocenters. The summed E-state index contributed by atoms with van der Waals surface area (Å²) in [6, 6.07) is 10.9. The molecule has 7 nitrogen and oxygen atoms in total. The Morgan fingerprint density at radius 1 is 0.929 bits per heavy atom. The highest BCUT2D eigenvalue weighted by Gasteiger charge is 2.42. The third-order valence-corrected chi connectivity index (χ3v) is 4.68. The predicted molar refractivity (Wildman–Crippen MR) is 101 cm³/mol. The molecule has 7 heteroatoms. The van der Waals surface area contributed by atoms with Gasteiger partial charge in [-0.15, -0.1) is 0 Å². The lowest BCUT2D eigenvalue weighted by Crippen LogP contribution is -2.38. The summed E-state index contributed by atoms with van der Waals surface area (Å²) >= 11 is 0. The Kier molecular flexibility index (Phi) is 5.94. The van der Waals surface area contributed by atoms with Gasteiger partial charge in [0.25, 0.3) is 0 Å². The van der Waals surface area contributed by atoms with E-state index in [2.05, 4.69) is 0 Å². The van der Waals surface area contributed by atoms with Crippen molar-refractivity contribution < 1.29 is 33.2 Å². The van der Waals surface area contributed by atoms with Crippen molar-refractivity contribution in [2.45, 2.75) is 25.2 Å². The molecule has 0 bridgehead atoms. The van der Waals surface area contributed by atoms with Crippen LogP contribution in [0.3, 0.4) is 0 Å². The van der Waals surface area contributed by atoms with Gasteiger partial charge in [-0.25, -0.2) is 0 Å². The zero-order chi connectivity index (χ0) is 20.3. The second kappa shape index (κ2) is 8.39. The van der Waals surface area contributed by atoms with E-state index < -0.39 is 24.3 Å². The molecule has 0 fully saturated rings. The zero-order valence-corrected chi connectivity index (χ0v) is 16.6. The molecule has 3 rings (SSSR count). The van der Waals surface area contributed by atoms with Crippen LogP contribution >= 0.6 is 0 Å². The summed E-state index contributed by atoms with van der Waals surface area (Å²) in [6.45, 7) is 1.37. The van der Waals surface area contributed by atoms with Crippen molar-refractivity contribution in [1.82, 2.24) is 0 Å². The van der Waals surface area contributed by atoms with E-state index in [0.29, 0.717) is 23.0 Å². The third kappa shape index (κ3) is 3.71. The highest BCUT2D eigenvalue weighted by atomic mass is 16.6. The van der Waals surface area contributed by atoms with Crippen molar-refractivity contribution in [2.75, 3.05) is 28.4 Å². The normalized spacial score (nSPS) is 20.5. The number of carbonyl (C=O) groups is 1. The topological polar surface area (TPSA) is 72.5 Å². The van der Waals surface area contributed by atoms with Crippen molar-refractivity contribution in [2.24, 2.45) is 0 Å². The van der Waals surface area contributed by atoms with Crippen LogP contribution in [0.1, 0.15) is 30.3 Å². The largest absolute Gasteiger partial charge is 0.497 e. The molecular weight excluding hydrogens is 364 g/mol. The second-order valence-corrected chi connectivity index (χ2v) is 6.29. The summed E-state index contributed by atoms with van der Waals surface area (Å²) in [5.41, 5.74) is 1.52. The van der Waals surface area contributed by atoms with E-state index in [1.807, 2.05) is 18.2 Å². The van der Waals surface area contributed by atoms with Crippen LogP contribution in [0.4, 0.5) is 0 Å². The first-order chi connectivity index (χ1) is 13.5. The van der Waals surface area contributed by atoms with Crippen LogP contribution in [0, 0.1) is 0 Å². The van der Waals surface area contributed by atoms with Gasteiger partial charge >= 0.3 is 5.97 Å². The molecule has 0 radical (unpaired) electrons. The Balaban J connectivity index is 2.09. The molecule has 1 aliphatic heterocycles. The van der Waals surface area contributed by atoms with Crippen molar-refractivity contribution in [3.05, 3.63) is 47.5 Å². The summed E-state index contributed by atoms with van der Waals surface area (Å²) in [5.74, 6) is 1.98. The van der Waals surface area contributed by atoms with Gasteiger partial charge < -0.3 is 28.4 Å². The van der Waals surface area contributed by atoms with E-state index >= 15 is 0 Å². The standard InChI is InChI=1S/C21H24O7/c1-12(22)27-20-15-8-7-14(23-2)11-17(15)28-19(21(20)26-5)13-6-9-16(24-3)18(10-13)25-4/h6-11,19-21H,1-5H3. The average Bonchev–Trinajstić information content (AvgIpc) is 2.72. The maximum absolute atomic E-state index is 11.8. The van der Waals surface area contributed by atoms with E-state index in [-0.39, 0.29) is 0 Å². The molecule has 2 aromatic carbocycles. The predicted octanol–water partition coefficient (Wildman–Crippen LogP) is 3.47. The number of methoxy groups -OCH3 is 4. The average molecular weight is 388 g/mol. The summed E-state index contributed by atoms with van der Waals surface area (Å²) in [6.07, 6.45) is -1.72. The van der Waals surface area contributed by atoms with Crippen molar-refractivity contribution in [1.29, 1.82) is 0 Å². The lowest BCUT2D eigenvalue weighted by molar-refractivity contribution is -0.163. The van der Waals surface area contributed by atoms with Gasteiger partial charge in [-0.05, 0) is 29.8 Å². The summed E-state index contributed by atoms with van der Waals surface area (Å²) < 4.78 is 33.6. The van der Waals surface area contributed by atoms with Gasteiger partial charge in [0.05, 0.1) is 21.3 Å². The minimum absolute atomic E-state index is 0.401. The maximum atomic E-state index is 11.8. The number of fused-ring (bicyclic) bond motifs is 1. The van der Waals surface area contributed by atoms with E-state index in [1.165, 1.54) is 6.92 Å². The first-order valence-corrected chi connectivity index (χ1v) is 8.78. The van der Waals surface area contributed by atoms with Crippen LogP contribution in [0.5, 0.6) is 23.0 Å². The van der Waals surface area contributed by atoms with Crippen molar-refractivity contribution in [3.63, 3.8) is 0 Å². The van der Waals surface area contributed by atoms with Crippen LogP contribution in [-0.4, -0.2) is 40.5 Å². The Morgan fingerprint density at radius 3 is 2.29 bits per heavy atom. The Bertz CT molecular complexity index is 849. The van der Waals surface area contributed by atoms with Gasteiger partial charge in [-0.3, -0.25) is 4.79 Å². The first-order valence-electron chi connectivity index (χ1n) is 8.78. The Morgan fingerprint density at radius 2 is 1.68 bits per heavy atom. The maximum Gasteiger partial charge on any atom is 0.303 e. The third-order valence-electron chi connectivity index (χ3n) is 4.68. The fourth-order valence-electron chi connectivity index (χ4n) is 3.36. The molecule has 150 valence electrons. The second-order valence-electron chi connectivity index (χ2n) is 6.29. The van der Waals surface area contributed by atoms with Crippen LogP contribution in [0.25, 0.3) is 0 Å². The van der Waals surface area contributed by atoms with Gasteiger partial charge in [0.1, 0.15) is 17.6 Å². The van der Waals surface area contributed by atoms with Gasteiger partial charge in [0, 0.05) is 25.7 Å². The van der Waals surface area contributed by atoms with Gasteiger partial charge in [0.2, 0.25) is 0 Å². The zero-order valence-electron chi connectivity index (χ0n) is 16.6. The monoisotopic (exact) mass is 388 g/mol. The van der Waals surface area contributed by atoms with Crippen molar-refractivity contribution in [3.8, 4) is 23.0 Å². The fourth-order valence-corrected chi connectivity index (χ4v) is 3.36. The van der Waals surface area contributed by atoms with E-state index in [9.17, 15) is 4.79 Å². The summed E-state index contributed by atoms with van der Waals surface area (Å²) in [5, 5.41) is 0.